The van der Waals surface area contributed by atoms with E-state index in [9.17, 15) is 0 Å². The van der Waals surface area contributed by atoms with Gasteiger partial charge in [0.2, 0.25) is 0 Å². The minimum Gasteiger partial charge on any atom is -0.109 e. The summed E-state index contributed by atoms with van der Waals surface area (Å²) >= 11 is 85.9. The van der Waals surface area contributed by atoms with Crippen molar-refractivity contribution in [3.8, 4) is 0 Å². The molecule has 0 aromatic heterocycles. The molecular formula is C20H7Cl12I. The average molecular weight is 800 g/mol. The number of benzene rings is 1. The van der Waals surface area contributed by atoms with E-state index in [1.165, 1.54) is 0 Å². The molecule has 0 unspecified atom stereocenters. The van der Waals surface area contributed by atoms with Gasteiger partial charge in [-0.3, -0.25) is 0 Å². The number of allylic oxidation sites excluding steroid dienone is 4. The molecule has 0 spiro atoms. The fraction of sp³-hybridized carbons (Fsp3) is 0.500. The zero-order chi connectivity index (χ0) is 24.5. The summed E-state index contributed by atoms with van der Waals surface area (Å²) in [4.78, 5) is -6.36. The summed E-state index contributed by atoms with van der Waals surface area (Å²) in [6, 6.07) is 5.82. The van der Waals surface area contributed by atoms with Crippen LogP contribution < -0.4 is 0 Å². The van der Waals surface area contributed by atoms with Crippen LogP contribution >= 0.6 is 162 Å². The maximum atomic E-state index is 7.29. The lowest BCUT2D eigenvalue weighted by molar-refractivity contribution is 0.201. The van der Waals surface area contributed by atoms with Crippen molar-refractivity contribution in [2.24, 2.45) is 11.8 Å². The quantitative estimate of drug-likeness (QED) is 0.181. The number of hydrogen-bond acceptors (Lipinski definition) is 0. The third kappa shape index (κ3) is 2.31. The SMILES string of the molecule is ClC1=C(Cl)[C@@]2(Cl)[C@@H]3c4ccc(I)cc4[C@H]4[C@H]([C@H]3[C@@]1(Cl)C2(Cl)Cl)[C@]1(Cl)C(Cl)=C(Cl)[C@]4(Cl)C1(Cl)Cl. The monoisotopic (exact) mass is 794 g/mol. The highest BCUT2D eigenvalue weighted by Gasteiger charge is 2.91. The highest BCUT2D eigenvalue weighted by molar-refractivity contribution is 14.1. The van der Waals surface area contributed by atoms with E-state index in [0.29, 0.717) is 0 Å². The van der Waals surface area contributed by atoms with Crippen LogP contribution in [0.15, 0.2) is 38.3 Å². The molecule has 4 bridgehead atoms. The second kappa shape index (κ2) is 7.15. The van der Waals surface area contributed by atoms with Gasteiger partial charge in [-0.25, -0.2) is 0 Å². The van der Waals surface area contributed by atoms with E-state index < -0.39 is 51.8 Å². The lowest BCUT2D eigenvalue weighted by Gasteiger charge is -2.52. The fourth-order valence-electron chi connectivity index (χ4n) is 6.87. The Labute approximate surface area is 263 Å². The minimum absolute atomic E-state index is 0.0485. The molecular weight excluding hydrogens is 793 g/mol. The van der Waals surface area contributed by atoms with Gasteiger partial charge in [-0.2, -0.15) is 0 Å². The molecule has 0 saturated heterocycles. The minimum atomic E-state index is -1.81. The summed E-state index contributed by atoms with van der Waals surface area (Å²) in [5.41, 5.74) is 1.60. The molecule has 8 atom stereocenters. The van der Waals surface area contributed by atoms with Crippen molar-refractivity contribution in [2.45, 2.75) is 40.0 Å². The van der Waals surface area contributed by atoms with Crippen LogP contribution in [0.25, 0.3) is 0 Å². The number of hydrogen-bond donors (Lipinski definition) is 0. The Kier molecular flexibility index (Phi) is 5.67. The van der Waals surface area contributed by atoms with Crippen LogP contribution in [-0.2, 0) is 0 Å². The highest BCUT2D eigenvalue weighted by Crippen LogP contribution is 2.88. The molecule has 2 fully saturated rings. The van der Waals surface area contributed by atoms with E-state index in [-0.39, 0.29) is 20.1 Å². The van der Waals surface area contributed by atoms with E-state index in [2.05, 4.69) is 22.6 Å². The van der Waals surface area contributed by atoms with E-state index in [1.807, 2.05) is 18.2 Å². The second-order valence-corrected chi connectivity index (χ2v) is 16.8. The van der Waals surface area contributed by atoms with E-state index in [1.54, 1.807) is 0 Å². The molecule has 5 aliphatic carbocycles. The van der Waals surface area contributed by atoms with Crippen LogP contribution in [0.4, 0.5) is 0 Å². The van der Waals surface area contributed by atoms with Gasteiger partial charge >= 0.3 is 0 Å². The van der Waals surface area contributed by atoms with E-state index in [4.69, 9.17) is 139 Å². The molecule has 0 amide bonds. The van der Waals surface area contributed by atoms with Crippen molar-refractivity contribution in [1.82, 2.24) is 0 Å². The van der Waals surface area contributed by atoms with Crippen molar-refractivity contribution in [3.63, 3.8) is 0 Å². The Morgan fingerprint density at radius 3 is 1.33 bits per heavy atom. The van der Waals surface area contributed by atoms with Crippen molar-refractivity contribution in [1.29, 1.82) is 0 Å². The normalized spacial score (nSPS) is 50.1. The third-order valence-corrected chi connectivity index (χ3v) is 17.3. The Morgan fingerprint density at radius 1 is 0.545 bits per heavy atom. The van der Waals surface area contributed by atoms with Crippen LogP contribution in [0.5, 0.6) is 0 Å². The zero-order valence-corrected chi connectivity index (χ0v) is 26.7. The highest BCUT2D eigenvalue weighted by atomic mass is 127. The molecule has 6 rings (SSSR count). The number of halogens is 13. The van der Waals surface area contributed by atoms with Gasteiger partial charge in [-0.05, 0) is 45.9 Å². The summed E-state index contributed by atoms with van der Waals surface area (Å²) in [5.74, 6) is -2.58. The molecule has 178 valence electrons. The lowest BCUT2D eigenvalue weighted by atomic mass is 9.57. The van der Waals surface area contributed by atoms with Crippen molar-refractivity contribution in [2.75, 3.05) is 0 Å². The van der Waals surface area contributed by atoms with Gasteiger partial charge in [0.25, 0.3) is 0 Å². The van der Waals surface area contributed by atoms with Crippen molar-refractivity contribution < 1.29 is 0 Å². The third-order valence-electron chi connectivity index (χ3n) is 8.09. The summed E-state index contributed by atoms with van der Waals surface area (Å²) in [7, 11) is 0. The summed E-state index contributed by atoms with van der Waals surface area (Å²) < 4.78 is -2.68. The first-order valence-electron chi connectivity index (χ1n) is 9.43. The molecule has 0 nitrogen and oxygen atoms in total. The summed E-state index contributed by atoms with van der Waals surface area (Å²) in [6.45, 7) is 0. The molecule has 1 aromatic rings. The van der Waals surface area contributed by atoms with Gasteiger partial charge in [-0.15, -0.1) is 46.4 Å². The first-order valence-corrected chi connectivity index (χ1v) is 15.0. The van der Waals surface area contributed by atoms with Crippen molar-refractivity contribution >= 4 is 162 Å². The smallest absolute Gasteiger partial charge is 0.109 e. The van der Waals surface area contributed by atoms with Gasteiger partial charge in [0, 0.05) is 27.2 Å². The molecule has 1 aromatic carbocycles. The Bertz CT molecular complexity index is 1240. The maximum Gasteiger partial charge on any atom is 0.167 e. The first kappa shape index (κ1) is 26.1. The Balaban J connectivity index is 1.79. The number of fused-ring (bicyclic) bond motifs is 14. The van der Waals surface area contributed by atoms with Crippen LogP contribution in [0, 0.1) is 15.4 Å². The second-order valence-electron chi connectivity index (χ2n) is 9.03. The maximum absolute atomic E-state index is 7.29. The molecule has 13 heteroatoms. The van der Waals surface area contributed by atoms with Gasteiger partial charge < -0.3 is 0 Å². The fourth-order valence-corrected chi connectivity index (χ4v) is 13.4. The summed E-state index contributed by atoms with van der Waals surface area (Å²) in [5, 5.41) is 0.274. The molecule has 0 aliphatic heterocycles. The standard InChI is InChI=1S/C20H7Cl12I/c21-11-13(23)17(27)9-7(15(11,25)19(17,29)30)5-2-1-4(33)3-6(5)8-10(9)18(28)14(24)12(22)16(8,26)20(18,31)32/h1-3,7-10H/t7-,8+,9+,10-,15+,16+,17+,18+/m1/s1. The summed E-state index contributed by atoms with van der Waals surface area (Å²) in [6.07, 6.45) is 0. The number of rotatable bonds is 0. The lowest BCUT2D eigenvalue weighted by Crippen LogP contribution is -2.53. The van der Waals surface area contributed by atoms with Crippen molar-refractivity contribution in [3.05, 3.63) is 53.0 Å². The van der Waals surface area contributed by atoms with Gasteiger partial charge in [0.05, 0.1) is 20.1 Å². The van der Waals surface area contributed by atoms with E-state index in [0.717, 1.165) is 14.7 Å². The zero-order valence-electron chi connectivity index (χ0n) is 15.5. The molecule has 0 N–H and O–H groups in total. The first-order chi connectivity index (χ1) is 15.0. The topological polar surface area (TPSA) is 0 Å². The predicted octanol–water partition coefficient (Wildman–Crippen LogP) is 10.4. The molecule has 0 heterocycles. The Hall–Kier alpha value is 2.91. The largest absolute Gasteiger partial charge is 0.167 e. The molecule has 33 heavy (non-hydrogen) atoms. The number of alkyl halides is 8. The van der Waals surface area contributed by atoms with Crippen LogP contribution in [0.3, 0.4) is 0 Å². The van der Waals surface area contributed by atoms with Gasteiger partial charge in [-0.1, -0.05) is 98.9 Å². The van der Waals surface area contributed by atoms with Crippen LogP contribution in [-0.4, -0.2) is 28.2 Å². The Morgan fingerprint density at radius 2 is 0.909 bits per heavy atom. The van der Waals surface area contributed by atoms with Gasteiger partial charge in [0.15, 0.2) is 8.67 Å². The van der Waals surface area contributed by atoms with Gasteiger partial charge in [0.1, 0.15) is 19.5 Å². The van der Waals surface area contributed by atoms with Crippen LogP contribution in [0.2, 0.25) is 0 Å². The average Bonchev–Trinajstić information content (AvgIpc) is 3.08. The predicted molar refractivity (Wildman–Crippen MR) is 152 cm³/mol. The van der Waals surface area contributed by atoms with E-state index >= 15 is 0 Å². The molecule has 0 radical (unpaired) electrons. The molecule has 5 aliphatic rings. The van der Waals surface area contributed by atoms with Crippen LogP contribution in [0.1, 0.15) is 23.0 Å². The molecule has 2 saturated carbocycles.